The summed E-state index contributed by atoms with van der Waals surface area (Å²) in [5, 5.41) is 4.21. The maximum atomic E-state index is 4.17. The fraction of sp³-hybridized carbons (Fsp3) is 0.200. The van der Waals surface area contributed by atoms with Crippen molar-refractivity contribution >= 4 is 16.9 Å². The zero-order valence-corrected chi connectivity index (χ0v) is 8.04. The van der Waals surface area contributed by atoms with E-state index in [0.717, 1.165) is 29.0 Å². The molecule has 0 amide bonds. The Kier molecular flexibility index (Phi) is 2.18. The van der Waals surface area contributed by atoms with Crippen molar-refractivity contribution in [2.45, 2.75) is 6.92 Å². The molecule has 14 heavy (non-hydrogen) atoms. The number of fused-ring (bicyclic) bond motifs is 1. The van der Waals surface area contributed by atoms with Crippen LogP contribution in [0, 0.1) is 0 Å². The molecule has 2 heterocycles. The van der Waals surface area contributed by atoms with Crippen LogP contribution in [0.15, 0.2) is 30.7 Å². The molecule has 0 saturated heterocycles. The molecule has 0 radical (unpaired) electrons. The van der Waals surface area contributed by atoms with Gasteiger partial charge in [-0.2, -0.15) is 0 Å². The lowest BCUT2D eigenvalue weighted by molar-refractivity contribution is 1.14. The van der Waals surface area contributed by atoms with E-state index in [1.54, 1.807) is 6.33 Å². The van der Waals surface area contributed by atoms with Gasteiger partial charge in [-0.15, -0.1) is 0 Å². The Morgan fingerprint density at radius 3 is 3.21 bits per heavy atom. The molecular weight excluding hydrogens is 176 g/mol. The van der Waals surface area contributed by atoms with Crippen molar-refractivity contribution in [1.82, 2.24) is 15.0 Å². The molecule has 72 valence electrons. The Morgan fingerprint density at radius 2 is 2.43 bits per heavy atom. The largest absolute Gasteiger partial charge is 0.366 e. The Balaban J connectivity index is 2.32. The molecule has 0 atom stereocenters. The van der Waals surface area contributed by atoms with Crippen molar-refractivity contribution in [3.05, 3.63) is 30.7 Å². The third kappa shape index (κ3) is 1.59. The summed E-state index contributed by atoms with van der Waals surface area (Å²) in [7, 11) is 0. The third-order valence-corrected chi connectivity index (χ3v) is 1.91. The number of nitrogens with zero attached hydrogens (tertiary/aromatic N) is 2. The van der Waals surface area contributed by atoms with E-state index in [1.807, 2.05) is 19.2 Å². The molecule has 0 spiro atoms. The van der Waals surface area contributed by atoms with Crippen molar-refractivity contribution in [2.24, 2.45) is 0 Å². The first-order valence-corrected chi connectivity index (χ1v) is 4.43. The second-order valence-electron chi connectivity index (χ2n) is 3.27. The lowest BCUT2D eigenvalue weighted by Gasteiger charge is -2.04. The quantitative estimate of drug-likeness (QED) is 0.724. The number of hydrogen-bond acceptors (Lipinski definition) is 3. The SMILES string of the molecule is C=C(C)CNc1ncnc2[nH]ccc12. The molecule has 2 rings (SSSR count). The minimum Gasteiger partial charge on any atom is -0.366 e. The van der Waals surface area contributed by atoms with Gasteiger partial charge < -0.3 is 10.3 Å². The van der Waals surface area contributed by atoms with Crippen LogP contribution in [0.5, 0.6) is 0 Å². The summed E-state index contributed by atoms with van der Waals surface area (Å²) in [6, 6.07) is 1.95. The number of anilines is 1. The van der Waals surface area contributed by atoms with Gasteiger partial charge in [0.25, 0.3) is 0 Å². The van der Waals surface area contributed by atoms with Gasteiger partial charge in [0.05, 0.1) is 5.39 Å². The van der Waals surface area contributed by atoms with Gasteiger partial charge >= 0.3 is 0 Å². The van der Waals surface area contributed by atoms with Gasteiger partial charge in [-0.25, -0.2) is 9.97 Å². The molecule has 0 saturated carbocycles. The molecular formula is C10H12N4. The lowest BCUT2D eigenvalue weighted by atomic mass is 10.3. The summed E-state index contributed by atoms with van der Waals surface area (Å²) in [5.41, 5.74) is 1.93. The van der Waals surface area contributed by atoms with Gasteiger partial charge in [0.15, 0.2) is 0 Å². The number of aromatic nitrogens is 3. The summed E-state index contributed by atoms with van der Waals surface area (Å²) >= 11 is 0. The number of nitrogens with one attached hydrogen (secondary N) is 2. The first-order valence-electron chi connectivity index (χ1n) is 4.43. The van der Waals surface area contributed by atoms with Crippen LogP contribution in [-0.4, -0.2) is 21.5 Å². The van der Waals surface area contributed by atoms with Gasteiger partial charge in [-0.05, 0) is 13.0 Å². The molecule has 0 aliphatic rings. The van der Waals surface area contributed by atoms with Crippen molar-refractivity contribution < 1.29 is 0 Å². The van der Waals surface area contributed by atoms with Crippen molar-refractivity contribution in [1.29, 1.82) is 0 Å². The van der Waals surface area contributed by atoms with Crippen molar-refractivity contribution in [2.75, 3.05) is 11.9 Å². The first-order chi connectivity index (χ1) is 6.77. The Hall–Kier alpha value is -1.84. The molecule has 0 aliphatic heterocycles. The first kappa shape index (κ1) is 8.74. The second kappa shape index (κ2) is 3.49. The van der Waals surface area contributed by atoms with E-state index in [9.17, 15) is 0 Å². The van der Waals surface area contributed by atoms with E-state index in [-0.39, 0.29) is 0 Å². The normalized spacial score (nSPS) is 10.4. The van der Waals surface area contributed by atoms with Gasteiger partial charge in [-0.3, -0.25) is 0 Å². The van der Waals surface area contributed by atoms with Crippen LogP contribution >= 0.6 is 0 Å². The number of aromatic amines is 1. The average Bonchev–Trinajstić information content (AvgIpc) is 2.62. The highest BCUT2D eigenvalue weighted by Crippen LogP contribution is 2.17. The predicted octanol–water partition coefficient (Wildman–Crippen LogP) is 1.95. The maximum absolute atomic E-state index is 4.17. The standard InChI is InChI=1S/C10H12N4/c1-7(2)5-12-10-8-3-4-11-9(8)13-6-14-10/h3-4,6H,1,5H2,2H3,(H2,11,12,13,14). The maximum Gasteiger partial charge on any atom is 0.142 e. The Bertz CT molecular complexity index is 458. The van der Waals surface area contributed by atoms with Crippen LogP contribution in [0.4, 0.5) is 5.82 Å². The van der Waals surface area contributed by atoms with E-state index in [0.29, 0.717) is 0 Å². The fourth-order valence-corrected chi connectivity index (χ4v) is 1.25. The van der Waals surface area contributed by atoms with Crippen LogP contribution in [0.3, 0.4) is 0 Å². The number of hydrogen-bond donors (Lipinski definition) is 2. The van der Waals surface area contributed by atoms with E-state index in [1.165, 1.54) is 0 Å². The van der Waals surface area contributed by atoms with Gasteiger partial charge in [-0.1, -0.05) is 12.2 Å². The lowest BCUT2D eigenvalue weighted by Crippen LogP contribution is -2.04. The molecule has 0 aliphatic carbocycles. The molecule has 4 nitrogen and oxygen atoms in total. The highest BCUT2D eigenvalue weighted by atomic mass is 15.0. The van der Waals surface area contributed by atoms with E-state index in [2.05, 4.69) is 26.8 Å². The minimum absolute atomic E-state index is 0.733. The summed E-state index contributed by atoms with van der Waals surface area (Å²) in [4.78, 5) is 11.3. The smallest absolute Gasteiger partial charge is 0.142 e. The highest BCUT2D eigenvalue weighted by molar-refractivity contribution is 5.86. The third-order valence-electron chi connectivity index (χ3n) is 1.91. The van der Waals surface area contributed by atoms with E-state index in [4.69, 9.17) is 0 Å². The molecule has 0 aromatic carbocycles. The monoisotopic (exact) mass is 188 g/mol. The summed E-state index contributed by atoms with van der Waals surface area (Å²) < 4.78 is 0. The number of H-pyrrole nitrogens is 1. The Labute approximate surface area is 82.1 Å². The molecule has 0 bridgehead atoms. The van der Waals surface area contributed by atoms with Crippen LogP contribution < -0.4 is 5.32 Å². The van der Waals surface area contributed by atoms with Crippen molar-refractivity contribution in [3.8, 4) is 0 Å². The topological polar surface area (TPSA) is 53.6 Å². The Morgan fingerprint density at radius 1 is 1.57 bits per heavy atom. The van der Waals surface area contributed by atoms with Crippen molar-refractivity contribution in [3.63, 3.8) is 0 Å². The highest BCUT2D eigenvalue weighted by Gasteiger charge is 2.02. The molecule has 0 unspecified atom stereocenters. The molecule has 4 heteroatoms. The van der Waals surface area contributed by atoms with Gasteiger partial charge in [0.1, 0.15) is 17.8 Å². The fourth-order valence-electron chi connectivity index (χ4n) is 1.25. The van der Waals surface area contributed by atoms with Gasteiger partial charge in [0.2, 0.25) is 0 Å². The minimum atomic E-state index is 0.733. The van der Waals surface area contributed by atoms with E-state index < -0.39 is 0 Å². The van der Waals surface area contributed by atoms with Crippen LogP contribution in [0.1, 0.15) is 6.92 Å². The van der Waals surface area contributed by atoms with E-state index >= 15 is 0 Å². The molecule has 2 aromatic heterocycles. The zero-order chi connectivity index (χ0) is 9.97. The zero-order valence-electron chi connectivity index (χ0n) is 8.04. The summed E-state index contributed by atoms with van der Waals surface area (Å²) in [6.45, 7) is 6.53. The molecule has 2 N–H and O–H groups in total. The predicted molar refractivity (Wildman–Crippen MR) is 57.2 cm³/mol. The second-order valence-corrected chi connectivity index (χ2v) is 3.27. The molecule has 0 fully saturated rings. The summed E-state index contributed by atoms with van der Waals surface area (Å²) in [6.07, 6.45) is 3.39. The molecule has 2 aromatic rings. The number of rotatable bonds is 3. The summed E-state index contributed by atoms with van der Waals surface area (Å²) in [5.74, 6) is 0.847. The van der Waals surface area contributed by atoms with Crippen LogP contribution in [-0.2, 0) is 0 Å². The average molecular weight is 188 g/mol. The van der Waals surface area contributed by atoms with Crippen LogP contribution in [0.25, 0.3) is 11.0 Å². The van der Waals surface area contributed by atoms with Gasteiger partial charge in [0, 0.05) is 12.7 Å². The van der Waals surface area contributed by atoms with Crippen LogP contribution in [0.2, 0.25) is 0 Å².